The zero-order chi connectivity index (χ0) is 23.6. The van der Waals surface area contributed by atoms with Gasteiger partial charge in [-0.05, 0) is 80.8 Å². The Bertz CT molecular complexity index is 1100. The lowest BCUT2D eigenvalue weighted by atomic mass is 9.85. The van der Waals surface area contributed by atoms with Crippen LogP contribution in [0.2, 0.25) is 0 Å². The number of halogens is 1. The quantitative estimate of drug-likeness (QED) is 0.667. The number of fused-ring (bicyclic) bond motifs is 1. The van der Waals surface area contributed by atoms with Gasteiger partial charge in [0.15, 0.2) is 0 Å². The normalized spacial score (nSPS) is 21.8. The molecule has 0 unspecified atom stereocenters. The van der Waals surface area contributed by atoms with Gasteiger partial charge < -0.3 is 10.2 Å². The maximum atomic E-state index is 13.1. The number of carbonyl (C=O) groups is 1. The van der Waals surface area contributed by atoms with E-state index in [0.717, 1.165) is 30.6 Å². The van der Waals surface area contributed by atoms with Gasteiger partial charge in [-0.25, -0.2) is 17.5 Å². The number of nitrogens with one attached hydrogen (secondary N) is 2. The number of nitrogens with zero attached hydrogens (tertiary/aromatic N) is 1. The van der Waals surface area contributed by atoms with Crippen molar-refractivity contribution in [1.29, 1.82) is 0 Å². The molecule has 2 aromatic carbocycles. The summed E-state index contributed by atoms with van der Waals surface area (Å²) in [5, 5.41) is 3.00. The Morgan fingerprint density at radius 2 is 1.79 bits per heavy atom. The van der Waals surface area contributed by atoms with E-state index in [1.54, 1.807) is 24.3 Å². The molecular formula is C25H32FN3O3S. The van der Waals surface area contributed by atoms with E-state index in [4.69, 9.17) is 0 Å². The van der Waals surface area contributed by atoms with Gasteiger partial charge in [-0.1, -0.05) is 18.2 Å². The Morgan fingerprint density at radius 3 is 2.48 bits per heavy atom. The molecule has 4 rings (SSSR count). The van der Waals surface area contributed by atoms with Gasteiger partial charge in [-0.3, -0.25) is 4.79 Å². The highest BCUT2D eigenvalue weighted by molar-refractivity contribution is 7.89. The molecule has 2 aliphatic rings. The third kappa shape index (κ3) is 5.55. The zero-order valence-electron chi connectivity index (χ0n) is 19.2. The minimum atomic E-state index is -3.62. The summed E-state index contributed by atoms with van der Waals surface area (Å²) in [7, 11) is -1.63. The highest BCUT2D eigenvalue weighted by atomic mass is 32.2. The van der Waals surface area contributed by atoms with Crippen LogP contribution >= 0.6 is 0 Å². The lowest BCUT2D eigenvalue weighted by Gasteiger charge is -2.30. The van der Waals surface area contributed by atoms with Crippen LogP contribution in [-0.2, 0) is 21.2 Å². The van der Waals surface area contributed by atoms with Gasteiger partial charge in [0.25, 0.3) is 0 Å². The van der Waals surface area contributed by atoms with Crippen LogP contribution in [0.4, 0.5) is 10.1 Å². The van der Waals surface area contributed by atoms with E-state index >= 15 is 0 Å². The smallest absolute Gasteiger partial charge is 0.240 e. The summed E-state index contributed by atoms with van der Waals surface area (Å²) in [4.78, 5) is 15.1. The highest BCUT2D eigenvalue weighted by Gasteiger charge is 2.30. The van der Waals surface area contributed by atoms with Gasteiger partial charge in [0.2, 0.25) is 15.9 Å². The molecule has 6 nitrogen and oxygen atoms in total. The summed E-state index contributed by atoms with van der Waals surface area (Å²) in [6.07, 6.45) is 4.54. The molecule has 1 fully saturated rings. The maximum Gasteiger partial charge on any atom is 0.240 e. The Hall–Kier alpha value is -2.45. The highest BCUT2D eigenvalue weighted by Crippen LogP contribution is 2.30. The van der Waals surface area contributed by atoms with E-state index in [0.29, 0.717) is 30.6 Å². The first-order valence-electron chi connectivity index (χ1n) is 11.6. The summed E-state index contributed by atoms with van der Waals surface area (Å²) < 4.78 is 42.0. The second kappa shape index (κ2) is 9.81. The Balaban J connectivity index is 1.32. The molecule has 8 heteroatoms. The maximum absolute atomic E-state index is 13.1. The summed E-state index contributed by atoms with van der Waals surface area (Å²) in [6.45, 7) is 2.80. The van der Waals surface area contributed by atoms with Crippen molar-refractivity contribution in [2.45, 2.75) is 62.4 Å². The molecular weight excluding hydrogens is 441 g/mol. The van der Waals surface area contributed by atoms with Crippen molar-refractivity contribution in [1.82, 2.24) is 10.0 Å². The lowest BCUT2D eigenvalue weighted by molar-refractivity contribution is -0.126. The second-order valence-corrected chi connectivity index (χ2v) is 11.0. The van der Waals surface area contributed by atoms with Crippen molar-refractivity contribution in [3.63, 3.8) is 0 Å². The van der Waals surface area contributed by atoms with Gasteiger partial charge in [0.05, 0.1) is 10.9 Å². The zero-order valence-corrected chi connectivity index (χ0v) is 20.0. The molecule has 0 saturated heterocycles. The molecule has 0 aromatic heterocycles. The molecule has 0 radical (unpaired) electrons. The van der Waals surface area contributed by atoms with Gasteiger partial charge in [-0.2, -0.15) is 0 Å². The molecule has 1 saturated carbocycles. The van der Waals surface area contributed by atoms with Crippen LogP contribution < -0.4 is 14.9 Å². The first-order chi connectivity index (χ1) is 15.7. The number of rotatable bonds is 6. The Morgan fingerprint density at radius 1 is 1.09 bits per heavy atom. The average Bonchev–Trinajstić information content (AvgIpc) is 2.79. The largest absolute Gasteiger partial charge is 0.374 e. The van der Waals surface area contributed by atoms with Gasteiger partial charge in [0.1, 0.15) is 5.82 Å². The minimum Gasteiger partial charge on any atom is -0.374 e. The van der Waals surface area contributed by atoms with Gasteiger partial charge >= 0.3 is 0 Å². The molecule has 1 heterocycles. The summed E-state index contributed by atoms with van der Waals surface area (Å²) in [6, 6.07) is 11.1. The van der Waals surface area contributed by atoms with Crippen LogP contribution in [0.25, 0.3) is 0 Å². The molecule has 0 spiro atoms. The third-order valence-electron chi connectivity index (χ3n) is 6.87. The standard InChI is InChI=1S/C25H32FN3O3S/c1-17(18-5-10-21(26)11-6-18)27-25(30)20-7-12-22(13-8-20)28-33(31,32)23-14-9-19-4-3-15-29(2)24(19)16-23/h5-6,9-11,14,16-17,20,22,28H,3-4,7-8,12-13,15H2,1-2H3,(H,27,30)/t17-,20?,22?/m1/s1. The molecule has 0 bridgehead atoms. The van der Waals surface area contributed by atoms with E-state index in [-0.39, 0.29) is 29.7 Å². The van der Waals surface area contributed by atoms with Crippen LogP contribution in [-0.4, -0.2) is 34.0 Å². The van der Waals surface area contributed by atoms with Crippen molar-refractivity contribution in [2.24, 2.45) is 5.92 Å². The fourth-order valence-corrected chi connectivity index (χ4v) is 6.16. The molecule has 1 atom stereocenters. The number of amides is 1. The molecule has 1 aliphatic heterocycles. The van der Waals surface area contributed by atoms with E-state index in [1.807, 2.05) is 20.0 Å². The first kappa shape index (κ1) is 23.7. The number of hydrogen-bond donors (Lipinski definition) is 2. The van der Waals surface area contributed by atoms with Crippen LogP contribution in [0.1, 0.15) is 56.2 Å². The van der Waals surface area contributed by atoms with Crippen molar-refractivity contribution in [3.05, 3.63) is 59.4 Å². The number of anilines is 1. The van der Waals surface area contributed by atoms with Crippen molar-refractivity contribution < 1.29 is 17.6 Å². The van der Waals surface area contributed by atoms with E-state index in [1.165, 1.54) is 17.7 Å². The van der Waals surface area contributed by atoms with Crippen LogP contribution in [0, 0.1) is 11.7 Å². The Kier molecular flexibility index (Phi) is 7.05. The predicted octanol–water partition coefficient (Wildman–Crippen LogP) is 3.92. The predicted molar refractivity (Wildman–Crippen MR) is 127 cm³/mol. The molecule has 178 valence electrons. The van der Waals surface area contributed by atoms with Crippen LogP contribution in [0.15, 0.2) is 47.4 Å². The van der Waals surface area contributed by atoms with Crippen molar-refractivity contribution >= 4 is 21.6 Å². The number of aryl methyl sites for hydroxylation is 1. The van der Waals surface area contributed by atoms with E-state index < -0.39 is 10.0 Å². The summed E-state index contributed by atoms with van der Waals surface area (Å²) in [5.74, 6) is -0.489. The lowest BCUT2D eigenvalue weighted by Crippen LogP contribution is -2.41. The van der Waals surface area contributed by atoms with E-state index in [9.17, 15) is 17.6 Å². The Labute approximate surface area is 195 Å². The number of carbonyl (C=O) groups excluding carboxylic acids is 1. The van der Waals surface area contributed by atoms with Crippen LogP contribution in [0.3, 0.4) is 0 Å². The molecule has 33 heavy (non-hydrogen) atoms. The molecule has 1 aliphatic carbocycles. The molecule has 1 amide bonds. The minimum absolute atomic E-state index is 0.0362. The molecule has 2 aromatic rings. The summed E-state index contributed by atoms with van der Waals surface area (Å²) >= 11 is 0. The van der Waals surface area contributed by atoms with Crippen LogP contribution in [0.5, 0.6) is 0 Å². The number of hydrogen-bond acceptors (Lipinski definition) is 4. The van der Waals surface area contributed by atoms with Gasteiger partial charge in [-0.15, -0.1) is 0 Å². The van der Waals surface area contributed by atoms with Crippen molar-refractivity contribution in [3.8, 4) is 0 Å². The number of sulfonamides is 1. The van der Waals surface area contributed by atoms with Crippen molar-refractivity contribution in [2.75, 3.05) is 18.5 Å². The topological polar surface area (TPSA) is 78.5 Å². The molecule has 2 N–H and O–H groups in total. The van der Waals surface area contributed by atoms with E-state index in [2.05, 4.69) is 14.9 Å². The third-order valence-corrected chi connectivity index (χ3v) is 8.38. The fourth-order valence-electron chi connectivity index (χ4n) is 4.83. The average molecular weight is 474 g/mol. The fraction of sp³-hybridized carbons (Fsp3) is 0.480. The summed E-state index contributed by atoms with van der Waals surface area (Å²) in [5.41, 5.74) is 3.02. The first-order valence-corrected chi connectivity index (χ1v) is 13.1. The second-order valence-electron chi connectivity index (χ2n) is 9.27. The SMILES string of the molecule is C[C@@H](NC(=O)C1CCC(NS(=O)(=O)c2ccc3c(c2)N(C)CCC3)CC1)c1ccc(F)cc1. The van der Waals surface area contributed by atoms with Gasteiger partial charge in [0, 0.05) is 31.2 Å². The monoisotopic (exact) mass is 473 g/mol. The number of benzene rings is 2.